The van der Waals surface area contributed by atoms with Crippen LogP contribution in [0.2, 0.25) is 0 Å². The van der Waals surface area contributed by atoms with Crippen LogP contribution in [0.15, 0.2) is 23.1 Å². The molecule has 1 aliphatic rings. The quantitative estimate of drug-likeness (QED) is 0.807. The number of ether oxygens (including phenoxy) is 1. The third-order valence-electron chi connectivity index (χ3n) is 4.33. The van der Waals surface area contributed by atoms with Crippen molar-refractivity contribution in [2.75, 3.05) is 31.2 Å². The fourth-order valence-corrected chi connectivity index (χ4v) is 3.00. The predicted molar refractivity (Wildman–Crippen MR) is 97.2 cm³/mol. The number of hydrogen-bond acceptors (Lipinski definition) is 6. The first kappa shape index (κ1) is 18.1. The Morgan fingerprint density at radius 3 is 2.85 bits per heavy atom. The molecule has 0 atom stereocenters. The Morgan fingerprint density at radius 1 is 1.35 bits per heavy atom. The second-order valence-corrected chi connectivity index (χ2v) is 6.25. The second kappa shape index (κ2) is 8.09. The molecule has 1 fully saturated rings. The number of carbonyl (C=O) groups excluding carboxylic acids is 1. The molecule has 2 N–H and O–H groups in total. The summed E-state index contributed by atoms with van der Waals surface area (Å²) >= 11 is 0. The van der Waals surface area contributed by atoms with Gasteiger partial charge in [-0.15, -0.1) is 0 Å². The summed E-state index contributed by atoms with van der Waals surface area (Å²) in [6.45, 7) is 6.71. The van der Waals surface area contributed by atoms with Crippen molar-refractivity contribution in [1.29, 1.82) is 0 Å². The number of hydrogen-bond donors (Lipinski definition) is 2. The van der Waals surface area contributed by atoms with Crippen LogP contribution in [0.1, 0.15) is 22.6 Å². The molecule has 0 aliphatic carbocycles. The van der Waals surface area contributed by atoms with E-state index in [2.05, 4.69) is 25.2 Å². The first-order valence-electron chi connectivity index (χ1n) is 8.64. The summed E-state index contributed by atoms with van der Waals surface area (Å²) in [5, 5.41) is 2.88. The van der Waals surface area contributed by atoms with Gasteiger partial charge < -0.3 is 19.9 Å². The highest BCUT2D eigenvalue weighted by molar-refractivity contribution is 5.78. The van der Waals surface area contributed by atoms with Gasteiger partial charge in [0.2, 0.25) is 5.91 Å². The lowest BCUT2D eigenvalue weighted by atomic mass is 10.1. The minimum absolute atomic E-state index is 0.00158. The Morgan fingerprint density at radius 2 is 2.12 bits per heavy atom. The van der Waals surface area contributed by atoms with Crippen molar-refractivity contribution in [3.8, 4) is 0 Å². The predicted octanol–water partition coefficient (Wildman–Crippen LogP) is 0.477. The molecular weight excluding hydrogens is 334 g/mol. The maximum atomic E-state index is 12.3. The first-order chi connectivity index (χ1) is 12.5. The minimum Gasteiger partial charge on any atom is -0.378 e. The molecule has 138 valence electrons. The van der Waals surface area contributed by atoms with Gasteiger partial charge >= 0.3 is 0 Å². The van der Waals surface area contributed by atoms with E-state index in [1.54, 1.807) is 20.0 Å². The number of anilines is 1. The third-order valence-corrected chi connectivity index (χ3v) is 4.33. The summed E-state index contributed by atoms with van der Waals surface area (Å²) in [5.41, 5.74) is 1.65. The van der Waals surface area contributed by atoms with E-state index in [9.17, 15) is 9.59 Å². The highest BCUT2D eigenvalue weighted by Gasteiger charge is 2.17. The highest BCUT2D eigenvalue weighted by atomic mass is 16.5. The van der Waals surface area contributed by atoms with Crippen molar-refractivity contribution < 1.29 is 9.53 Å². The Labute approximate surface area is 151 Å². The monoisotopic (exact) mass is 357 g/mol. The zero-order valence-electron chi connectivity index (χ0n) is 15.0. The van der Waals surface area contributed by atoms with E-state index in [0.717, 1.165) is 24.5 Å². The van der Waals surface area contributed by atoms with Gasteiger partial charge in [0.05, 0.1) is 19.6 Å². The van der Waals surface area contributed by atoms with E-state index < -0.39 is 0 Å². The summed E-state index contributed by atoms with van der Waals surface area (Å²) in [4.78, 5) is 37.8. The molecule has 3 heterocycles. The van der Waals surface area contributed by atoms with Crippen molar-refractivity contribution in [2.45, 2.75) is 26.8 Å². The molecule has 0 saturated carbocycles. The zero-order valence-corrected chi connectivity index (χ0v) is 15.0. The molecule has 8 heteroatoms. The first-order valence-corrected chi connectivity index (χ1v) is 8.64. The van der Waals surface area contributed by atoms with Gasteiger partial charge in [0.15, 0.2) is 0 Å². The van der Waals surface area contributed by atoms with Gasteiger partial charge in [0.1, 0.15) is 11.6 Å². The van der Waals surface area contributed by atoms with E-state index in [0.29, 0.717) is 36.8 Å². The lowest BCUT2D eigenvalue weighted by Gasteiger charge is -2.29. The smallest absolute Gasteiger partial charge is 0.254 e. The van der Waals surface area contributed by atoms with Crippen molar-refractivity contribution in [3.05, 3.63) is 51.3 Å². The molecule has 2 aromatic heterocycles. The van der Waals surface area contributed by atoms with Crippen molar-refractivity contribution in [3.63, 3.8) is 0 Å². The van der Waals surface area contributed by atoms with Crippen LogP contribution in [0, 0.1) is 13.8 Å². The topological polar surface area (TPSA) is 100 Å². The highest BCUT2D eigenvalue weighted by Crippen LogP contribution is 2.18. The Balaban J connectivity index is 1.66. The van der Waals surface area contributed by atoms with Crippen LogP contribution in [0.5, 0.6) is 0 Å². The normalized spacial score (nSPS) is 14.3. The molecule has 1 saturated heterocycles. The maximum absolute atomic E-state index is 12.3. The molecule has 0 radical (unpaired) electrons. The Kier molecular flexibility index (Phi) is 5.62. The second-order valence-electron chi connectivity index (χ2n) is 6.25. The van der Waals surface area contributed by atoms with Crippen LogP contribution in [0.4, 0.5) is 5.82 Å². The van der Waals surface area contributed by atoms with Gasteiger partial charge in [-0.25, -0.2) is 9.97 Å². The number of H-pyrrole nitrogens is 1. The summed E-state index contributed by atoms with van der Waals surface area (Å²) in [7, 11) is 0. The molecule has 1 amide bonds. The lowest BCUT2D eigenvalue weighted by molar-refractivity contribution is -0.120. The fraction of sp³-hybridized carbons (Fsp3) is 0.444. The van der Waals surface area contributed by atoms with Gasteiger partial charge in [0.25, 0.3) is 5.56 Å². The molecule has 2 aromatic rings. The van der Waals surface area contributed by atoms with Crippen LogP contribution in [0.3, 0.4) is 0 Å². The van der Waals surface area contributed by atoms with E-state index in [1.165, 1.54) is 0 Å². The fourth-order valence-electron chi connectivity index (χ4n) is 3.00. The average molecular weight is 357 g/mol. The summed E-state index contributed by atoms with van der Waals surface area (Å²) in [5.74, 6) is 1.19. The molecular formula is C18H23N5O3. The number of nitrogens with one attached hydrogen (secondary N) is 2. The molecule has 0 bridgehead atoms. The minimum atomic E-state index is -0.263. The van der Waals surface area contributed by atoms with Crippen LogP contribution in [-0.2, 0) is 22.5 Å². The molecule has 0 spiro atoms. The average Bonchev–Trinajstić information content (AvgIpc) is 2.64. The summed E-state index contributed by atoms with van der Waals surface area (Å²) in [6, 6.07) is 3.80. The number of amides is 1. The van der Waals surface area contributed by atoms with Gasteiger partial charge in [-0.3, -0.25) is 9.59 Å². The molecule has 26 heavy (non-hydrogen) atoms. The van der Waals surface area contributed by atoms with Crippen LogP contribution < -0.4 is 15.8 Å². The molecule has 0 aromatic carbocycles. The number of aryl methyl sites for hydroxylation is 2. The van der Waals surface area contributed by atoms with Gasteiger partial charge in [-0.2, -0.15) is 0 Å². The third kappa shape index (κ3) is 4.26. The van der Waals surface area contributed by atoms with E-state index in [-0.39, 0.29) is 17.9 Å². The standard InChI is InChI=1S/C18H23N5O3/c1-12-15(18(25)22-13(2)21-12)10-16(24)20-11-14-4-3-5-19-17(14)23-6-8-26-9-7-23/h3-5H,6-11H2,1-2H3,(H,20,24)(H,21,22,25). The van der Waals surface area contributed by atoms with E-state index in [4.69, 9.17) is 4.74 Å². The van der Waals surface area contributed by atoms with Crippen LogP contribution >= 0.6 is 0 Å². The number of nitrogens with zero attached hydrogens (tertiary/aromatic N) is 3. The zero-order chi connectivity index (χ0) is 18.5. The number of aromatic nitrogens is 3. The molecule has 3 rings (SSSR count). The number of morpholine rings is 1. The number of rotatable bonds is 5. The Bertz CT molecular complexity index is 843. The van der Waals surface area contributed by atoms with Gasteiger partial charge in [-0.1, -0.05) is 6.07 Å². The number of carbonyl (C=O) groups is 1. The summed E-state index contributed by atoms with van der Waals surface area (Å²) < 4.78 is 5.38. The van der Waals surface area contributed by atoms with Crippen LogP contribution in [-0.4, -0.2) is 47.2 Å². The Hall–Kier alpha value is -2.74. The SMILES string of the molecule is Cc1nc(C)c(CC(=O)NCc2cccnc2N2CCOCC2)c(=O)[nH]1. The van der Waals surface area contributed by atoms with Crippen molar-refractivity contribution in [2.24, 2.45) is 0 Å². The van der Waals surface area contributed by atoms with E-state index in [1.807, 2.05) is 12.1 Å². The van der Waals surface area contributed by atoms with Gasteiger partial charge in [0, 0.05) is 42.7 Å². The number of aromatic amines is 1. The maximum Gasteiger partial charge on any atom is 0.254 e. The van der Waals surface area contributed by atoms with Crippen LogP contribution in [0.25, 0.3) is 0 Å². The molecule has 1 aliphatic heterocycles. The van der Waals surface area contributed by atoms with Gasteiger partial charge in [-0.05, 0) is 19.9 Å². The largest absolute Gasteiger partial charge is 0.378 e. The van der Waals surface area contributed by atoms with E-state index >= 15 is 0 Å². The molecule has 8 nitrogen and oxygen atoms in total. The number of pyridine rings is 1. The summed E-state index contributed by atoms with van der Waals surface area (Å²) in [6.07, 6.45) is 1.75. The van der Waals surface area contributed by atoms with Crippen molar-refractivity contribution >= 4 is 11.7 Å². The lowest BCUT2D eigenvalue weighted by Crippen LogP contribution is -2.38. The molecule has 0 unspecified atom stereocenters. The van der Waals surface area contributed by atoms with Crippen molar-refractivity contribution in [1.82, 2.24) is 20.3 Å².